The molecule has 0 radical (unpaired) electrons. The van der Waals surface area contributed by atoms with Crippen LogP contribution in [-0.4, -0.2) is 28.2 Å². The lowest BCUT2D eigenvalue weighted by molar-refractivity contribution is -0.113. The van der Waals surface area contributed by atoms with Crippen molar-refractivity contribution in [3.05, 3.63) is 40.5 Å². The number of nitrogens with one attached hydrogen (secondary N) is 1. The van der Waals surface area contributed by atoms with E-state index in [4.69, 9.17) is 14.7 Å². The molecule has 1 aromatic carbocycles. The maximum atomic E-state index is 12.8. The third-order valence-corrected chi connectivity index (χ3v) is 8.01. The second-order valence-electron chi connectivity index (χ2n) is 8.46. The van der Waals surface area contributed by atoms with Gasteiger partial charge in [-0.2, -0.15) is 0 Å². The number of para-hydroxylation sites is 2. The molecule has 3 aromatic rings. The summed E-state index contributed by atoms with van der Waals surface area (Å²) in [6.07, 6.45) is 5.78. The second kappa shape index (κ2) is 8.79. The van der Waals surface area contributed by atoms with Crippen LogP contribution >= 0.6 is 23.1 Å². The Morgan fingerprint density at radius 3 is 2.90 bits per heavy atom. The van der Waals surface area contributed by atoms with Gasteiger partial charge in [0.05, 0.1) is 18.0 Å². The van der Waals surface area contributed by atoms with E-state index in [1.165, 1.54) is 46.9 Å². The van der Waals surface area contributed by atoms with E-state index in [9.17, 15) is 4.79 Å². The molecular formula is C24H27N3O2S2. The molecule has 0 spiro atoms. The summed E-state index contributed by atoms with van der Waals surface area (Å²) in [5.74, 6) is 3.15. The smallest absolute Gasteiger partial charge is 0.234 e. The maximum Gasteiger partial charge on any atom is 0.234 e. The zero-order valence-electron chi connectivity index (χ0n) is 17.9. The van der Waals surface area contributed by atoms with E-state index < -0.39 is 0 Å². The molecule has 1 N–H and O–H groups in total. The van der Waals surface area contributed by atoms with Crippen LogP contribution in [0.15, 0.2) is 29.3 Å². The first-order valence-corrected chi connectivity index (χ1v) is 12.9. The van der Waals surface area contributed by atoms with Gasteiger partial charge in [-0.25, -0.2) is 9.97 Å². The van der Waals surface area contributed by atoms with E-state index in [1.807, 2.05) is 42.5 Å². The van der Waals surface area contributed by atoms with Crippen LogP contribution in [0.5, 0.6) is 5.75 Å². The van der Waals surface area contributed by atoms with Crippen LogP contribution in [0.1, 0.15) is 55.3 Å². The standard InChI is InChI=1S/C24H27N3O2S2/c1-3-29-18-7-5-4-6-17(18)25-20(28)13-30-23-21-16-11-8-14(2)12-19(16)31-24(21)27-22(26-23)15-9-10-15/h4-7,14-15H,3,8-13H2,1-2H3,(H,25,28)/t14-/m1/s1. The predicted molar refractivity (Wildman–Crippen MR) is 128 cm³/mol. The second-order valence-corrected chi connectivity index (χ2v) is 10.5. The third kappa shape index (κ3) is 4.44. The van der Waals surface area contributed by atoms with Gasteiger partial charge in [0.2, 0.25) is 5.91 Å². The van der Waals surface area contributed by atoms with Crippen molar-refractivity contribution >= 4 is 44.9 Å². The van der Waals surface area contributed by atoms with Crippen LogP contribution in [0.3, 0.4) is 0 Å². The van der Waals surface area contributed by atoms with Crippen molar-refractivity contribution in [3.8, 4) is 5.75 Å². The van der Waals surface area contributed by atoms with Crippen LogP contribution in [0, 0.1) is 5.92 Å². The third-order valence-electron chi connectivity index (χ3n) is 5.88. The van der Waals surface area contributed by atoms with Crippen LogP contribution in [-0.2, 0) is 17.6 Å². The number of hydrogen-bond acceptors (Lipinski definition) is 6. The van der Waals surface area contributed by atoms with E-state index in [2.05, 4.69) is 12.2 Å². The lowest BCUT2D eigenvalue weighted by Crippen LogP contribution is -2.15. The van der Waals surface area contributed by atoms with Gasteiger partial charge in [-0.3, -0.25) is 4.79 Å². The Labute approximate surface area is 191 Å². The molecule has 0 bridgehead atoms. The van der Waals surface area contributed by atoms with Crippen LogP contribution in [0.2, 0.25) is 0 Å². The predicted octanol–water partition coefficient (Wildman–Crippen LogP) is 5.82. The van der Waals surface area contributed by atoms with E-state index in [1.54, 1.807) is 0 Å². The van der Waals surface area contributed by atoms with Gasteiger partial charge in [-0.1, -0.05) is 30.8 Å². The summed E-state index contributed by atoms with van der Waals surface area (Å²) < 4.78 is 5.63. The number of thiophene rings is 1. The minimum absolute atomic E-state index is 0.0467. The summed E-state index contributed by atoms with van der Waals surface area (Å²) in [5.41, 5.74) is 2.13. The number of anilines is 1. The molecule has 7 heteroatoms. The monoisotopic (exact) mass is 453 g/mol. The molecule has 5 rings (SSSR count). The molecule has 1 amide bonds. The van der Waals surface area contributed by atoms with Gasteiger partial charge >= 0.3 is 0 Å². The highest BCUT2D eigenvalue weighted by Gasteiger charge is 2.30. The average Bonchev–Trinajstić information content (AvgIpc) is 3.54. The number of benzene rings is 1. The minimum Gasteiger partial charge on any atom is -0.492 e. The highest BCUT2D eigenvalue weighted by atomic mass is 32.2. The van der Waals surface area contributed by atoms with E-state index in [0.29, 0.717) is 29.7 Å². The molecule has 0 unspecified atom stereocenters. The van der Waals surface area contributed by atoms with E-state index >= 15 is 0 Å². The van der Waals surface area contributed by atoms with Crippen LogP contribution < -0.4 is 10.1 Å². The molecule has 1 saturated carbocycles. The number of carbonyl (C=O) groups excluding carboxylic acids is 1. The zero-order chi connectivity index (χ0) is 21.4. The number of carbonyl (C=O) groups is 1. The number of rotatable bonds is 7. The molecule has 2 aliphatic carbocycles. The maximum absolute atomic E-state index is 12.8. The molecule has 1 fully saturated rings. The van der Waals surface area contributed by atoms with Crippen molar-refractivity contribution in [1.29, 1.82) is 0 Å². The Balaban J connectivity index is 1.39. The molecule has 0 aliphatic heterocycles. The number of thioether (sulfide) groups is 1. The number of ether oxygens (including phenoxy) is 1. The normalized spacial score (nSPS) is 18.1. The number of aryl methyl sites for hydroxylation is 1. The molecule has 2 aliphatic rings. The first kappa shape index (κ1) is 20.8. The summed E-state index contributed by atoms with van der Waals surface area (Å²) in [4.78, 5) is 25.2. The van der Waals surface area contributed by atoms with Gasteiger partial charge in [-0.05, 0) is 62.6 Å². The molecule has 1 atom stereocenters. The summed E-state index contributed by atoms with van der Waals surface area (Å²) in [6.45, 7) is 4.83. The number of hydrogen-bond donors (Lipinski definition) is 1. The Bertz CT molecular complexity index is 1120. The van der Waals surface area contributed by atoms with E-state index in [-0.39, 0.29) is 5.91 Å². The quantitative estimate of drug-likeness (QED) is 0.361. The molecule has 2 aromatic heterocycles. The fourth-order valence-electron chi connectivity index (χ4n) is 4.12. The summed E-state index contributed by atoms with van der Waals surface area (Å²) in [5, 5.41) is 5.18. The fraction of sp³-hybridized carbons (Fsp3) is 0.458. The SMILES string of the molecule is CCOc1ccccc1NC(=O)CSc1nc(C2CC2)nc2sc3c(c12)CC[C@@H](C)C3. The largest absolute Gasteiger partial charge is 0.492 e. The molecule has 0 saturated heterocycles. The Morgan fingerprint density at radius 1 is 1.26 bits per heavy atom. The highest BCUT2D eigenvalue weighted by molar-refractivity contribution is 8.00. The van der Waals surface area contributed by atoms with Crippen molar-refractivity contribution in [3.63, 3.8) is 0 Å². The Kier molecular flexibility index (Phi) is 5.89. The average molecular weight is 454 g/mol. The Morgan fingerprint density at radius 2 is 2.10 bits per heavy atom. The van der Waals surface area contributed by atoms with Crippen molar-refractivity contribution in [2.24, 2.45) is 5.92 Å². The number of nitrogens with zero attached hydrogens (tertiary/aromatic N) is 2. The molecule has 162 valence electrons. The van der Waals surface area contributed by atoms with Gasteiger partial charge in [-0.15, -0.1) is 11.3 Å². The Hall–Kier alpha value is -2.12. The van der Waals surface area contributed by atoms with Gasteiger partial charge < -0.3 is 10.1 Å². The first-order valence-electron chi connectivity index (χ1n) is 11.1. The van der Waals surface area contributed by atoms with Crippen molar-refractivity contribution in [2.75, 3.05) is 17.7 Å². The first-order chi connectivity index (χ1) is 15.1. The highest BCUT2D eigenvalue weighted by Crippen LogP contribution is 2.44. The van der Waals surface area contributed by atoms with Gasteiger partial charge in [0.1, 0.15) is 21.4 Å². The molecular weight excluding hydrogens is 426 g/mol. The number of amides is 1. The number of fused-ring (bicyclic) bond motifs is 3. The summed E-state index contributed by atoms with van der Waals surface area (Å²) in [6, 6.07) is 7.56. The molecule has 31 heavy (non-hydrogen) atoms. The molecule has 2 heterocycles. The van der Waals surface area contributed by atoms with Crippen LogP contribution in [0.4, 0.5) is 5.69 Å². The zero-order valence-corrected chi connectivity index (χ0v) is 19.6. The topological polar surface area (TPSA) is 64.1 Å². The summed E-state index contributed by atoms with van der Waals surface area (Å²) >= 11 is 3.38. The van der Waals surface area contributed by atoms with Gasteiger partial charge in [0.15, 0.2) is 0 Å². The fourth-order valence-corrected chi connectivity index (χ4v) is 6.44. The molecule has 5 nitrogen and oxygen atoms in total. The van der Waals surface area contributed by atoms with Crippen molar-refractivity contribution < 1.29 is 9.53 Å². The van der Waals surface area contributed by atoms with E-state index in [0.717, 1.165) is 34.4 Å². The van der Waals surface area contributed by atoms with Crippen LogP contribution in [0.25, 0.3) is 10.2 Å². The van der Waals surface area contributed by atoms with Gasteiger partial charge in [0, 0.05) is 16.2 Å². The lowest BCUT2D eigenvalue weighted by atomic mass is 9.89. The minimum atomic E-state index is -0.0467. The van der Waals surface area contributed by atoms with Crippen molar-refractivity contribution in [2.45, 2.75) is 56.9 Å². The number of aromatic nitrogens is 2. The summed E-state index contributed by atoms with van der Waals surface area (Å²) in [7, 11) is 0. The van der Waals surface area contributed by atoms with Crippen molar-refractivity contribution in [1.82, 2.24) is 9.97 Å². The van der Waals surface area contributed by atoms with Gasteiger partial charge in [0.25, 0.3) is 0 Å². The lowest BCUT2D eigenvalue weighted by Gasteiger charge is -2.18.